The highest BCUT2D eigenvalue weighted by molar-refractivity contribution is 5.78. The Hall–Kier alpha value is -2.60. The van der Waals surface area contributed by atoms with Gasteiger partial charge >= 0.3 is 0 Å². The van der Waals surface area contributed by atoms with Gasteiger partial charge in [-0.25, -0.2) is 0 Å². The van der Waals surface area contributed by atoms with Crippen molar-refractivity contribution in [1.29, 1.82) is 0 Å². The summed E-state index contributed by atoms with van der Waals surface area (Å²) >= 11 is 0. The average molecular weight is 409 g/mol. The maximum Gasteiger partial charge on any atom is 0.0210 e. The largest absolute Gasteiger partial charge is 0.0730 e. The highest BCUT2D eigenvalue weighted by Gasteiger charge is 2.16. The fourth-order valence-corrected chi connectivity index (χ4v) is 5.09. The first-order chi connectivity index (χ1) is 14.9. The Morgan fingerprint density at radius 1 is 0.968 bits per heavy atom. The van der Waals surface area contributed by atoms with Crippen molar-refractivity contribution >= 4 is 5.57 Å². The third-order valence-corrected chi connectivity index (χ3v) is 6.93. The molecule has 4 rings (SSSR count). The summed E-state index contributed by atoms with van der Waals surface area (Å²) in [7, 11) is 0. The zero-order valence-electron chi connectivity index (χ0n) is 20.0. The van der Waals surface area contributed by atoms with Crippen molar-refractivity contribution < 1.29 is 0 Å². The van der Waals surface area contributed by atoms with Crippen molar-refractivity contribution in [2.24, 2.45) is 0 Å². The van der Waals surface area contributed by atoms with E-state index in [0.717, 1.165) is 19.3 Å². The van der Waals surface area contributed by atoms with Crippen LogP contribution < -0.4 is 0 Å². The first-order valence-corrected chi connectivity index (χ1v) is 11.8. The van der Waals surface area contributed by atoms with Crippen molar-refractivity contribution in [1.82, 2.24) is 0 Å². The minimum absolute atomic E-state index is 0.432. The summed E-state index contributed by atoms with van der Waals surface area (Å²) in [5.41, 5.74) is 14.4. The van der Waals surface area contributed by atoms with Gasteiger partial charge in [-0.05, 0) is 90.5 Å². The second-order valence-electron chi connectivity index (χ2n) is 9.70. The van der Waals surface area contributed by atoms with E-state index >= 15 is 0 Å². The molecule has 0 heterocycles. The van der Waals surface area contributed by atoms with E-state index in [1.165, 1.54) is 55.7 Å². The number of benzene rings is 2. The van der Waals surface area contributed by atoms with Gasteiger partial charge in [0.2, 0.25) is 0 Å². The maximum atomic E-state index is 2.47. The molecule has 31 heavy (non-hydrogen) atoms. The maximum absolute atomic E-state index is 2.47. The van der Waals surface area contributed by atoms with Gasteiger partial charge in [-0.15, -0.1) is 0 Å². The molecule has 0 aliphatic heterocycles. The van der Waals surface area contributed by atoms with Crippen LogP contribution in [0.2, 0.25) is 0 Å². The molecule has 2 aromatic carbocycles. The van der Waals surface area contributed by atoms with Crippen LogP contribution in [0.4, 0.5) is 0 Å². The second-order valence-corrected chi connectivity index (χ2v) is 9.70. The van der Waals surface area contributed by atoms with Gasteiger partial charge in [-0.3, -0.25) is 0 Å². The van der Waals surface area contributed by atoms with E-state index in [-0.39, 0.29) is 0 Å². The molecule has 2 aromatic rings. The Balaban J connectivity index is 1.54. The molecule has 0 amide bonds. The predicted octanol–water partition coefficient (Wildman–Crippen LogP) is 8.55. The van der Waals surface area contributed by atoms with Crippen molar-refractivity contribution in [3.8, 4) is 0 Å². The Kier molecular flexibility index (Phi) is 6.19. The molecule has 1 unspecified atom stereocenters. The lowest BCUT2D eigenvalue weighted by Gasteiger charge is -2.17. The predicted molar refractivity (Wildman–Crippen MR) is 136 cm³/mol. The van der Waals surface area contributed by atoms with Gasteiger partial charge in [0.1, 0.15) is 0 Å². The molecule has 0 aromatic heterocycles. The van der Waals surface area contributed by atoms with Crippen molar-refractivity contribution in [3.63, 3.8) is 0 Å². The van der Waals surface area contributed by atoms with Gasteiger partial charge in [0.05, 0.1) is 0 Å². The van der Waals surface area contributed by atoms with E-state index in [1.54, 1.807) is 0 Å². The molecule has 0 N–H and O–H groups in total. The van der Waals surface area contributed by atoms with Gasteiger partial charge in [0.15, 0.2) is 0 Å². The summed E-state index contributed by atoms with van der Waals surface area (Å²) < 4.78 is 0. The minimum Gasteiger partial charge on any atom is -0.0730 e. The molecule has 1 atom stereocenters. The van der Waals surface area contributed by atoms with Gasteiger partial charge < -0.3 is 0 Å². The SMILES string of the molecule is CCc1cc(C)c(CC2=CC(c3ccc(C4C=CC(C)=C4)c(C)c3)=CC2)cc1C(C)C. The van der Waals surface area contributed by atoms with Gasteiger partial charge in [0, 0.05) is 5.92 Å². The molecule has 2 aliphatic carbocycles. The van der Waals surface area contributed by atoms with Crippen LogP contribution >= 0.6 is 0 Å². The third kappa shape index (κ3) is 4.54. The first kappa shape index (κ1) is 21.6. The zero-order chi connectivity index (χ0) is 22.1. The Morgan fingerprint density at radius 2 is 1.77 bits per heavy atom. The number of aryl methyl sites for hydroxylation is 3. The van der Waals surface area contributed by atoms with Crippen LogP contribution in [0.5, 0.6) is 0 Å². The Bertz CT molecular complexity index is 1110. The lowest BCUT2D eigenvalue weighted by atomic mass is 9.89. The van der Waals surface area contributed by atoms with Crippen molar-refractivity contribution in [2.75, 3.05) is 0 Å². The van der Waals surface area contributed by atoms with Crippen LogP contribution in [0, 0.1) is 13.8 Å². The van der Waals surface area contributed by atoms with Crippen LogP contribution in [-0.4, -0.2) is 0 Å². The molecular weight excluding hydrogens is 372 g/mol. The standard InChI is InChI=1S/C31H36/c1-7-25-15-22(5)29(19-31(25)20(2)3)18-24-9-11-27(17-24)26-12-13-30(23(6)16-26)28-10-8-21(4)14-28/h8,10-17,19-20,28H,7,9,18H2,1-6H3. The molecular formula is C31H36. The monoisotopic (exact) mass is 408 g/mol. The molecule has 0 saturated carbocycles. The highest BCUT2D eigenvalue weighted by atomic mass is 14.2. The normalized spacial score (nSPS) is 17.9. The lowest BCUT2D eigenvalue weighted by molar-refractivity contribution is 0.838. The van der Waals surface area contributed by atoms with E-state index in [9.17, 15) is 0 Å². The van der Waals surface area contributed by atoms with E-state index < -0.39 is 0 Å². The molecule has 0 spiro atoms. The molecule has 0 nitrogen and oxygen atoms in total. The Morgan fingerprint density at radius 3 is 2.42 bits per heavy atom. The summed E-state index contributed by atoms with van der Waals surface area (Å²) in [6.45, 7) is 13.6. The van der Waals surface area contributed by atoms with Crippen LogP contribution in [0.1, 0.15) is 84.9 Å². The molecule has 2 aliphatic rings. The minimum atomic E-state index is 0.432. The Labute approximate surface area is 189 Å². The summed E-state index contributed by atoms with van der Waals surface area (Å²) in [6.07, 6.45) is 15.0. The van der Waals surface area contributed by atoms with Crippen molar-refractivity contribution in [2.45, 2.75) is 72.6 Å². The van der Waals surface area contributed by atoms with Gasteiger partial charge in [0.25, 0.3) is 0 Å². The lowest BCUT2D eigenvalue weighted by Crippen LogP contribution is -2.01. The summed E-state index contributed by atoms with van der Waals surface area (Å²) in [5.74, 6) is 1.01. The van der Waals surface area contributed by atoms with E-state index in [0.29, 0.717) is 11.8 Å². The van der Waals surface area contributed by atoms with E-state index in [1.807, 2.05) is 0 Å². The highest BCUT2D eigenvalue weighted by Crippen LogP contribution is 2.34. The zero-order valence-corrected chi connectivity index (χ0v) is 20.0. The van der Waals surface area contributed by atoms with E-state index in [2.05, 4.69) is 102 Å². The number of rotatable bonds is 6. The number of hydrogen-bond donors (Lipinski definition) is 0. The quantitative estimate of drug-likeness (QED) is 0.449. The second kappa shape index (κ2) is 8.87. The summed E-state index contributed by atoms with van der Waals surface area (Å²) in [5, 5.41) is 0. The average Bonchev–Trinajstić information content (AvgIpc) is 3.38. The first-order valence-electron chi connectivity index (χ1n) is 11.8. The fourth-order valence-electron chi connectivity index (χ4n) is 5.09. The fraction of sp³-hybridized carbons (Fsp3) is 0.355. The molecule has 0 heteroatoms. The number of hydrogen-bond acceptors (Lipinski definition) is 0. The topological polar surface area (TPSA) is 0 Å². The van der Waals surface area contributed by atoms with Crippen LogP contribution in [0.15, 0.2) is 71.9 Å². The van der Waals surface area contributed by atoms with E-state index in [4.69, 9.17) is 0 Å². The summed E-state index contributed by atoms with van der Waals surface area (Å²) in [6, 6.07) is 11.9. The van der Waals surface area contributed by atoms with Crippen LogP contribution in [-0.2, 0) is 12.8 Å². The van der Waals surface area contributed by atoms with Crippen molar-refractivity contribution in [3.05, 3.63) is 111 Å². The molecule has 160 valence electrons. The molecule has 0 fully saturated rings. The number of allylic oxidation sites excluding steroid dienone is 8. The third-order valence-electron chi connectivity index (χ3n) is 6.93. The summed E-state index contributed by atoms with van der Waals surface area (Å²) in [4.78, 5) is 0. The van der Waals surface area contributed by atoms with Crippen LogP contribution in [0.3, 0.4) is 0 Å². The molecule has 0 radical (unpaired) electrons. The molecule has 0 bridgehead atoms. The van der Waals surface area contributed by atoms with Gasteiger partial charge in [-0.1, -0.05) is 92.6 Å². The smallest absolute Gasteiger partial charge is 0.0210 e. The molecule has 0 saturated heterocycles. The van der Waals surface area contributed by atoms with Crippen LogP contribution in [0.25, 0.3) is 5.57 Å². The van der Waals surface area contributed by atoms with Gasteiger partial charge in [-0.2, -0.15) is 0 Å².